The molecular formula is C17H15NO3. The SMILES string of the molecule is CCOC(=O)/C(=C\C(=O)C1=C=CC=C1)Nc1ccccc1. The zero-order valence-corrected chi connectivity index (χ0v) is 11.6. The first-order valence-corrected chi connectivity index (χ1v) is 6.59. The molecule has 1 aliphatic rings. The number of allylic oxidation sites excluding steroid dienone is 4. The van der Waals surface area contributed by atoms with Crippen molar-refractivity contribution in [2.24, 2.45) is 0 Å². The average Bonchev–Trinajstić information content (AvgIpc) is 3.02. The van der Waals surface area contributed by atoms with Crippen LogP contribution in [0.4, 0.5) is 5.69 Å². The van der Waals surface area contributed by atoms with Gasteiger partial charge in [-0.3, -0.25) is 4.79 Å². The van der Waals surface area contributed by atoms with Crippen LogP contribution in [-0.2, 0) is 14.3 Å². The standard InChI is InChI=1S/C17H15NO3/c1-2-21-17(20)15(18-14-10-4-3-5-11-14)12-16(19)13-8-6-7-9-13/h3-8,10-12,18H,2H2,1H3/b15-12+. The summed E-state index contributed by atoms with van der Waals surface area (Å²) in [4.78, 5) is 24.0. The summed E-state index contributed by atoms with van der Waals surface area (Å²) in [6, 6.07) is 9.12. The van der Waals surface area contributed by atoms with Gasteiger partial charge >= 0.3 is 5.97 Å². The second kappa shape index (κ2) is 7.08. The third-order valence-electron chi connectivity index (χ3n) is 2.69. The summed E-state index contributed by atoms with van der Waals surface area (Å²) in [5.74, 6) is -0.868. The van der Waals surface area contributed by atoms with E-state index in [1.807, 2.05) is 18.2 Å². The van der Waals surface area contributed by atoms with Crippen LogP contribution in [0.3, 0.4) is 0 Å². The topological polar surface area (TPSA) is 55.4 Å². The van der Waals surface area contributed by atoms with Crippen molar-refractivity contribution in [2.45, 2.75) is 6.92 Å². The van der Waals surface area contributed by atoms with Crippen LogP contribution >= 0.6 is 0 Å². The number of nitrogens with one attached hydrogen (secondary N) is 1. The Morgan fingerprint density at radius 2 is 2.05 bits per heavy atom. The van der Waals surface area contributed by atoms with Gasteiger partial charge in [0.25, 0.3) is 0 Å². The molecule has 0 bridgehead atoms. The molecule has 1 N–H and O–H groups in total. The largest absolute Gasteiger partial charge is 0.461 e. The molecule has 1 aromatic rings. The van der Waals surface area contributed by atoms with E-state index in [9.17, 15) is 9.59 Å². The van der Waals surface area contributed by atoms with E-state index in [-0.39, 0.29) is 18.1 Å². The second-order valence-electron chi connectivity index (χ2n) is 4.22. The number of carbonyl (C=O) groups is 2. The van der Waals surface area contributed by atoms with Gasteiger partial charge in [-0.2, -0.15) is 0 Å². The van der Waals surface area contributed by atoms with Crippen molar-refractivity contribution in [1.82, 2.24) is 0 Å². The van der Waals surface area contributed by atoms with Crippen molar-refractivity contribution in [3.63, 3.8) is 0 Å². The van der Waals surface area contributed by atoms with E-state index in [2.05, 4.69) is 11.0 Å². The fraction of sp³-hybridized carbons (Fsp3) is 0.118. The molecule has 0 amide bonds. The van der Waals surface area contributed by atoms with Crippen molar-refractivity contribution in [2.75, 3.05) is 11.9 Å². The van der Waals surface area contributed by atoms with Crippen LogP contribution in [0.1, 0.15) is 6.92 Å². The van der Waals surface area contributed by atoms with Gasteiger partial charge in [-0.05, 0) is 31.2 Å². The number of rotatable bonds is 6. The normalized spacial score (nSPS) is 13.0. The Morgan fingerprint density at radius 1 is 1.29 bits per heavy atom. The van der Waals surface area contributed by atoms with Gasteiger partial charge in [-0.15, -0.1) is 5.73 Å². The lowest BCUT2D eigenvalue weighted by Gasteiger charge is -2.09. The molecule has 21 heavy (non-hydrogen) atoms. The zero-order chi connectivity index (χ0) is 15.1. The third kappa shape index (κ3) is 4.06. The van der Waals surface area contributed by atoms with Crippen LogP contribution in [0.5, 0.6) is 0 Å². The van der Waals surface area contributed by atoms with Gasteiger partial charge in [0.05, 0.1) is 12.2 Å². The van der Waals surface area contributed by atoms with Gasteiger partial charge in [0.2, 0.25) is 0 Å². The molecule has 0 unspecified atom stereocenters. The maximum atomic E-state index is 12.1. The van der Waals surface area contributed by atoms with E-state index in [0.29, 0.717) is 11.3 Å². The Kier molecular flexibility index (Phi) is 4.91. The smallest absolute Gasteiger partial charge is 0.354 e. The maximum absolute atomic E-state index is 12.1. The third-order valence-corrected chi connectivity index (χ3v) is 2.69. The van der Waals surface area contributed by atoms with Gasteiger partial charge in [0.1, 0.15) is 5.70 Å². The Morgan fingerprint density at radius 3 is 2.67 bits per heavy atom. The summed E-state index contributed by atoms with van der Waals surface area (Å²) in [5, 5.41) is 2.91. The fourth-order valence-corrected chi connectivity index (χ4v) is 1.72. The van der Waals surface area contributed by atoms with Gasteiger partial charge in [-0.1, -0.05) is 24.3 Å². The molecule has 4 heteroatoms. The molecule has 0 saturated carbocycles. The molecule has 1 aliphatic carbocycles. The van der Waals surface area contributed by atoms with Crippen LogP contribution < -0.4 is 5.32 Å². The molecule has 1 aromatic carbocycles. The van der Waals surface area contributed by atoms with Crippen LogP contribution in [0.2, 0.25) is 0 Å². The van der Waals surface area contributed by atoms with Crippen LogP contribution in [0, 0.1) is 0 Å². The highest BCUT2D eigenvalue weighted by Crippen LogP contribution is 2.12. The van der Waals surface area contributed by atoms with Crippen molar-refractivity contribution < 1.29 is 14.3 Å². The lowest BCUT2D eigenvalue weighted by atomic mass is 10.1. The number of carbonyl (C=O) groups excluding carboxylic acids is 2. The first-order valence-electron chi connectivity index (χ1n) is 6.59. The molecular weight excluding hydrogens is 266 g/mol. The van der Waals surface area contributed by atoms with Crippen molar-refractivity contribution in [3.8, 4) is 0 Å². The molecule has 0 spiro atoms. The van der Waals surface area contributed by atoms with Crippen molar-refractivity contribution in [3.05, 3.63) is 71.6 Å². The van der Waals surface area contributed by atoms with E-state index in [4.69, 9.17) is 4.74 Å². The predicted molar refractivity (Wildman–Crippen MR) is 80.5 cm³/mol. The van der Waals surface area contributed by atoms with Gasteiger partial charge in [0.15, 0.2) is 5.78 Å². The Labute approximate surface area is 123 Å². The summed E-state index contributed by atoms with van der Waals surface area (Å²) in [5.41, 5.74) is 4.02. The fourth-order valence-electron chi connectivity index (χ4n) is 1.72. The Balaban J connectivity index is 2.23. The molecule has 2 rings (SSSR count). The minimum Gasteiger partial charge on any atom is -0.461 e. The number of para-hydroxylation sites is 1. The number of ketones is 1. The molecule has 4 nitrogen and oxygen atoms in total. The van der Waals surface area contributed by atoms with Crippen LogP contribution in [-0.4, -0.2) is 18.4 Å². The number of esters is 1. The summed E-state index contributed by atoms with van der Waals surface area (Å²) in [7, 11) is 0. The summed E-state index contributed by atoms with van der Waals surface area (Å²) in [6.45, 7) is 1.95. The molecule has 0 saturated heterocycles. The molecule has 0 aromatic heterocycles. The maximum Gasteiger partial charge on any atom is 0.354 e. The van der Waals surface area contributed by atoms with E-state index in [1.165, 1.54) is 6.08 Å². The van der Waals surface area contributed by atoms with Crippen molar-refractivity contribution >= 4 is 17.4 Å². The van der Waals surface area contributed by atoms with Gasteiger partial charge in [-0.25, -0.2) is 4.79 Å². The van der Waals surface area contributed by atoms with Crippen LogP contribution in [0.15, 0.2) is 71.6 Å². The average molecular weight is 281 g/mol. The molecule has 0 atom stereocenters. The predicted octanol–water partition coefficient (Wildman–Crippen LogP) is 2.77. The van der Waals surface area contributed by atoms with Crippen LogP contribution in [0.25, 0.3) is 0 Å². The molecule has 0 heterocycles. The lowest BCUT2D eigenvalue weighted by Crippen LogP contribution is -2.16. The summed E-state index contributed by atoms with van der Waals surface area (Å²) in [6.07, 6.45) is 6.24. The molecule has 0 aliphatic heterocycles. The van der Waals surface area contributed by atoms with E-state index >= 15 is 0 Å². The van der Waals surface area contributed by atoms with Gasteiger partial charge in [0, 0.05) is 11.8 Å². The van der Waals surface area contributed by atoms with Gasteiger partial charge < -0.3 is 10.1 Å². The molecule has 0 radical (unpaired) electrons. The highest BCUT2D eigenvalue weighted by molar-refractivity contribution is 6.10. The Bertz CT molecular complexity index is 663. The zero-order valence-electron chi connectivity index (χ0n) is 11.6. The summed E-state index contributed by atoms with van der Waals surface area (Å²) >= 11 is 0. The first kappa shape index (κ1) is 14.6. The van der Waals surface area contributed by atoms with Crippen molar-refractivity contribution in [1.29, 1.82) is 0 Å². The minimum absolute atomic E-state index is 0.0997. The highest BCUT2D eigenvalue weighted by atomic mass is 16.5. The number of hydrogen-bond acceptors (Lipinski definition) is 4. The number of benzene rings is 1. The molecule has 106 valence electrons. The monoisotopic (exact) mass is 281 g/mol. The minimum atomic E-state index is -0.568. The van der Waals surface area contributed by atoms with E-state index in [1.54, 1.807) is 37.3 Å². The molecule has 0 fully saturated rings. The lowest BCUT2D eigenvalue weighted by molar-refractivity contribution is -0.138. The summed E-state index contributed by atoms with van der Waals surface area (Å²) < 4.78 is 4.96. The Hall–Kier alpha value is -2.84. The first-order chi connectivity index (χ1) is 10.2. The quantitative estimate of drug-likeness (QED) is 0.495. The van der Waals surface area contributed by atoms with E-state index in [0.717, 1.165) is 0 Å². The highest BCUT2D eigenvalue weighted by Gasteiger charge is 2.15. The van der Waals surface area contributed by atoms with E-state index < -0.39 is 5.97 Å². The number of anilines is 1. The number of hydrogen-bond donors (Lipinski definition) is 1. The second-order valence-corrected chi connectivity index (χ2v) is 4.22. The number of ether oxygens (including phenoxy) is 1.